The lowest BCUT2D eigenvalue weighted by Crippen LogP contribution is -1.81. The van der Waals surface area contributed by atoms with Crippen LogP contribution in [0.15, 0.2) is 24.3 Å². The molecule has 0 aliphatic rings. The predicted octanol–water partition coefficient (Wildman–Crippen LogP) is 1.42. The topological polar surface area (TPSA) is 0 Å². The Labute approximate surface area is 70.2 Å². The van der Waals surface area contributed by atoms with Gasteiger partial charge in [-0.25, -0.2) is 0 Å². The molecule has 0 nitrogen and oxygen atoms in total. The summed E-state index contributed by atoms with van der Waals surface area (Å²) in [6, 6.07) is 8.61. The Morgan fingerprint density at radius 3 is 2.22 bits per heavy atom. The van der Waals surface area contributed by atoms with Crippen LogP contribution in [-0.4, -0.2) is 7.85 Å². The summed E-state index contributed by atoms with van der Waals surface area (Å²) < 4.78 is 1.31. The van der Waals surface area contributed by atoms with Gasteiger partial charge in [-0.05, 0) is 34.7 Å². The largest absolute Gasteiger partial charge is 0.107 e. The molecule has 0 N–H and O–H groups in total. The Morgan fingerprint density at radius 2 is 1.78 bits per heavy atom. The van der Waals surface area contributed by atoms with E-state index in [0.29, 0.717) is 0 Å². The number of rotatable bonds is 1. The van der Waals surface area contributed by atoms with E-state index in [1.54, 1.807) is 0 Å². The van der Waals surface area contributed by atoms with E-state index < -0.39 is 0 Å². The molecule has 1 rings (SSSR count). The van der Waals surface area contributed by atoms with E-state index in [9.17, 15) is 0 Å². The molecule has 1 aromatic carbocycles. The van der Waals surface area contributed by atoms with E-state index in [-0.39, 0.29) is 0 Å². The lowest BCUT2D eigenvalue weighted by molar-refractivity contribution is 1.39. The van der Waals surface area contributed by atoms with Crippen molar-refractivity contribution in [3.05, 3.63) is 33.4 Å². The number of hydrogen-bond donors (Lipinski definition) is 0. The summed E-state index contributed by atoms with van der Waals surface area (Å²) >= 11 is 2.31. The third-order valence-corrected chi connectivity index (χ3v) is 2.04. The number of benzene rings is 1. The van der Waals surface area contributed by atoms with Gasteiger partial charge in [0.2, 0.25) is 0 Å². The van der Waals surface area contributed by atoms with E-state index in [1.165, 1.54) is 9.13 Å². The van der Waals surface area contributed by atoms with E-state index >= 15 is 0 Å². The van der Waals surface area contributed by atoms with Crippen LogP contribution in [0.25, 0.3) is 0 Å². The first-order valence-electron chi connectivity index (χ1n) is 3.07. The Balaban J connectivity index is 2.88. The van der Waals surface area contributed by atoms with Crippen molar-refractivity contribution in [1.82, 2.24) is 0 Å². The van der Waals surface area contributed by atoms with Crippen LogP contribution in [0.4, 0.5) is 0 Å². The standard InChI is InChI=1S/C7H8BI/c8-5-6-1-3-7(9)4-2-6/h1-4H,5,8H2. The summed E-state index contributed by atoms with van der Waals surface area (Å²) in [5, 5.41) is 0. The lowest BCUT2D eigenvalue weighted by Gasteiger charge is -1.93. The molecule has 0 fully saturated rings. The Morgan fingerprint density at radius 1 is 1.22 bits per heavy atom. The maximum absolute atomic E-state index is 2.31. The molecule has 0 unspecified atom stereocenters. The van der Waals surface area contributed by atoms with Gasteiger partial charge in [0, 0.05) is 3.57 Å². The second-order valence-electron chi connectivity index (χ2n) is 1.98. The Bertz CT molecular complexity index is 181. The quantitative estimate of drug-likeness (QED) is 0.505. The molecule has 0 heterocycles. The third kappa shape index (κ3) is 2.01. The molecule has 0 amide bonds. The van der Waals surface area contributed by atoms with Crippen molar-refractivity contribution in [1.29, 1.82) is 0 Å². The maximum Gasteiger partial charge on any atom is 0.107 e. The van der Waals surface area contributed by atoms with Crippen LogP contribution in [-0.2, 0) is 6.32 Å². The first-order chi connectivity index (χ1) is 4.33. The molecule has 46 valence electrons. The summed E-state index contributed by atoms with van der Waals surface area (Å²) in [4.78, 5) is 0. The summed E-state index contributed by atoms with van der Waals surface area (Å²) in [5.41, 5.74) is 1.41. The second kappa shape index (κ2) is 3.25. The molecule has 0 aromatic heterocycles. The highest BCUT2D eigenvalue weighted by molar-refractivity contribution is 14.1. The van der Waals surface area contributed by atoms with Gasteiger partial charge >= 0.3 is 0 Å². The lowest BCUT2D eigenvalue weighted by atomic mass is 9.97. The van der Waals surface area contributed by atoms with Gasteiger partial charge in [-0.3, -0.25) is 0 Å². The van der Waals surface area contributed by atoms with E-state index in [4.69, 9.17) is 0 Å². The van der Waals surface area contributed by atoms with Crippen LogP contribution in [0.3, 0.4) is 0 Å². The highest BCUT2D eigenvalue weighted by atomic mass is 127. The Hall–Kier alpha value is 0.0149. The van der Waals surface area contributed by atoms with Crippen LogP contribution < -0.4 is 0 Å². The zero-order valence-corrected chi connectivity index (χ0v) is 7.55. The SMILES string of the molecule is BCc1ccc(I)cc1. The van der Waals surface area contributed by atoms with Gasteiger partial charge < -0.3 is 0 Å². The fourth-order valence-electron chi connectivity index (χ4n) is 0.720. The smallest absolute Gasteiger partial charge is 0.0587 e. The minimum atomic E-state index is 1.14. The summed E-state index contributed by atoms with van der Waals surface area (Å²) in [6.07, 6.45) is 1.14. The molecule has 2 heteroatoms. The first kappa shape index (κ1) is 7.13. The van der Waals surface area contributed by atoms with Crippen molar-refractivity contribution >= 4 is 30.4 Å². The van der Waals surface area contributed by atoms with E-state index in [1.807, 2.05) is 0 Å². The fourth-order valence-corrected chi connectivity index (χ4v) is 1.08. The highest BCUT2D eigenvalue weighted by Gasteiger charge is 1.86. The van der Waals surface area contributed by atoms with Crippen molar-refractivity contribution in [3.63, 3.8) is 0 Å². The average Bonchev–Trinajstić information content (AvgIpc) is 1.90. The molecule has 0 aliphatic carbocycles. The minimum Gasteiger partial charge on any atom is -0.0587 e. The van der Waals surface area contributed by atoms with Crippen molar-refractivity contribution < 1.29 is 0 Å². The van der Waals surface area contributed by atoms with Crippen LogP contribution in [0, 0.1) is 3.57 Å². The molecule has 0 spiro atoms. The van der Waals surface area contributed by atoms with Crippen LogP contribution in [0.5, 0.6) is 0 Å². The van der Waals surface area contributed by atoms with E-state index in [2.05, 4.69) is 54.7 Å². The molecule has 0 radical (unpaired) electrons. The maximum atomic E-state index is 2.31. The summed E-state index contributed by atoms with van der Waals surface area (Å²) in [6.45, 7) is 0. The van der Waals surface area contributed by atoms with Gasteiger partial charge in [0.25, 0.3) is 0 Å². The van der Waals surface area contributed by atoms with Crippen LogP contribution in [0.2, 0.25) is 0 Å². The number of halogens is 1. The molecule has 9 heavy (non-hydrogen) atoms. The monoisotopic (exact) mass is 230 g/mol. The average molecular weight is 230 g/mol. The van der Waals surface area contributed by atoms with Crippen molar-refractivity contribution in [2.75, 3.05) is 0 Å². The third-order valence-electron chi connectivity index (χ3n) is 1.32. The molecule has 0 bridgehead atoms. The van der Waals surface area contributed by atoms with E-state index in [0.717, 1.165) is 6.32 Å². The molecular weight excluding hydrogens is 222 g/mol. The molecule has 0 atom stereocenters. The van der Waals surface area contributed by atoms with Crippen molar-refractivity contribution in [2.24, 2.45) is 0 Å². The van der Waals surface area contributed by atoms with Crippen molar-refractivity contribution in [3.8, 4) is 0 Å². The van der Waals surface area contributed by atoms with Gasteiger partial charge in [0.15, 0.2) is 0 Å². The molecular formula is C7H8BI. The zero-order chi connectivity index (χ0) is 6.69. The summed E-state index contributed by atoms with van der Waals surface area (Å²) in [5.74, 6) is 0. The van der Waals surface area contributed by atoms with Gasteiger partial charge in [-0.1, -0.05) is 24.0 Å². The van der Waals surface area contributed by atoms with Gasteiger partial charge in [-0.15, -0.1) is 0 Å². The van der Waals surface area contributed by atoms with Gasteiger partial charge in [0.1, 0.15) is 7.85 Å². The second-order valence-corrected chi connectivity index (χ2v) is 3.23. The van der Waals surface area contributed by atoms with Crippen LogP contribution in [0.1, 0.15) is 5.56 Å². The first-order valence-corrected chi connectivity index (χ1v) is 4.15. The fraction of sp³-hybridized carbons (Fsp3) is 0.143. The molecule has 0 aliphatic heterocycles. The number of hydrogen-bond acceptors (Lipinski definition) is 0. The minimum absolute atomic E-state index is 1.14. The Kier molecular flexibility index (Phi) is 2.57. The molecule has 0 saturated heterocycles. The molecule has 0 saturated carbocycles. The van der Waals surface area contributed by atoms with Gasteiger partial charge in [-0.2, -0.15) is 0 Å². The molecule has 1 aromatic rings. The van der Waals surface area contributed by atoms with Crippen molar-refractivity contribution in [2.45, 2.75) is 6.32 Å². The normalized spacial score (nSPS) is 9.44. The van der Waals surface area contributed by atoms with Crippen LogP contribution >= 0.6 is 22.6 Å². The van der Waals surface area contributed by atoms with Gasteiger partial charge in [0.05, 0.1) is 0 Å². The highest BCUT2D eigenvalue weighted by Crippen LogP contribution is 2.05. The predicted molar refractivity (Wildman–Crippen MR) is 51.4 cm³/mol. The zero-order valence-electron chi connectivity index (χ0n) is 5.39. The summed E-state index contributed by atoms with van der Waals surface area (Å²) in [7, 11) is 2.17.